The van der Waals surface area contributed by atoms with Crippen LogP contribution in [0, 0.1) is 0 Å². The van der Waals surface area contributed by atoms with E-state index in [0.717, 1.165) is 0 Å². The Kier molecular flexibility index (Phi) is 2.42. The highest BCUT2D eigenvalue weighted by Crippen LogP contribution is 2.40. The van der Waals surface area contributed by atoms with Gasteiger partial charge in [-0.1, -0.05) is 18.2 Å². The number of rotatable bonds is 2. The molecule has 4 heteroatoms. The van der Waals surface area contributed by atoms with Crippen molar-refractivity contribution in [1.29, 1.82) is 0 Å². The number of ether oxygens (including phenoxy) is 2. The normalized spacial score (nSPS) is 22.5. The van der Waals surface area contributed by atoms with Crippen LogP contribution in [-0.2, 0) is 19.7 Å². The number of benzene rings is 1. The molecule has 84 valence electrons. The maximum atomic E-state index is 11.8. The Morgan fingerprint density at radius 2 is 2.12 bits per heavy atom. The maximum Gasteiger partial charge on any atom is 0.333 e. The van der Waals surface area contributed by atoms with E-state index in [2.05, 4.69) is 0 Å². The van der Waals surface area contributed by atoms with Crippen LogP contribution in [0.25, 0.3) is 0 Å². The van der Waals surface area contributed by atoms with Gasteiger partial charge in [0.05, 0.1) is 6.61 Å². The van der Waals surface area contributed by atoms with Gasteiger partial charge < -0.3 is 9.47 Å². The van der Waals surface area contributed by atoms with Crippen molar-refractivity contribution in [3.8, 4) is 5.75 Å². The molecule has 1 unspecified atom stereocenters. The lowest BCUT2D eigenvalue weighted by Gasteiger charge is -2.17. The highest BCUT2D eigenvalue weighted by Gasteiger charge is 2.52. The predicted molar refractivity (Wildman–Crippen MR) is 56.1 cm³/mol. The largest absolute Gasteiger partial charge is 0.465 e. The average molecular weight is 220 g/mol. The van der Waals surface area contributed by atoms with E-state index in [-0.39, 0.29) is 6.61 Å². The quantitative estimate of drug-likeness (QED) is 0.430. The van der Waals surface area contributed by atoms with E-state index in [1.54, 1.807) is 31.2 Å². The van der Waals surface area contributed by atoms with Crippen LogP contribution in [0.15, 0.2) is 24.3 Å². The van der Waals surface area contributed by atoms with Crippen LogP contribution < -0.4 is 4.74 Å². The van der Waals surface area contributed by atoms with E-state index >= 15 is 0 Å². The molecule has 0 bridgehead atoms. The van der Waals surface area contributed by atoms with E-state index in [9.17, 15) is 9.59 Å². The van der Waals surface area contributed by atoms with Gasteiger partial charge in [-0.25, -0.2) is 0 Å². The molecule has 1 atom stereocenters. The second-order valence-corrected chi connectivity index (χ2v) is 3.73. The van der Waals surface area contributed by atoms with Crippen molar-refractivity contribution in [3.05, 3.63) is 29.8 Å². The fourth-order valence-corrected chi connectivity index (χ4v) is 1.75. The summed E-state index contributed by atoms with van der Waals surface area (Å²) in [5.41, 5.74) is -0.759. The number of carbonyl (C=O) groups is 2. The SMILES string of the molecule is CCOC(=O)C1(C)C(=O)Oc2ccccc21. The zero-order valence-corrected chi connectivity index (χ0v) is 9.15. The van der Waals surface area contributed by atoms with Gasteiger partial charge >= 0.3 is 11.9 Å². The van der Waals surface area contributed by atoms with Crippen molar-refractivity contribution in [2.24, 2.45) is 0 Å². The second-order valence-electron chi connectivity index (χ2n) is 3.73. The van der Waals surface area contributed by atoms with Crippen molar-refractivity contribution < 1.29 is 19.1 Å². The summed E-state index contributed by atoms with van der Waals surface area (Å²) in [6.45, 7) is 3.47. The molecule has 0 aromatic heterocycles. The van der Waals surface area contributed by atoms with Gasteiger partial charge in [-0.15, -0.1) is 0 Å². The lowest BCUT2D eigenvalue weighted by atomic mass is 9.84. The summed E-state index contributed by atoms with van der Waals surface area (Å²) in [7, 11) is 0. The summed E-state index contributed by atoms with van der Waals surface area (Å²) in [6, 6.07) is 6.89. The Morgan fingerprint density at radius 1 is 1.44 bits per heavy atom. The number of fused-ring (bicyclic) bond motifs is 1. The molecule has 1 aliphatic heterocycles. The Morgan fingerprint density at radius 3 is 2.81 bits per heavy atom. The number of para-hydroxylation sites is 1. The highest BCUT2D eigenvalue weighted by molar-refractivity contribution is 6.09. The van der Waals surface area contributed by atoms with Crippen LogP contribution >= 0.6 is 0 Å². The molecule has 0 aliphatic carbocycles. The first kappa shape index (κ1) is 10.7. The third kappa shape index (κ3) is 1.30. The Hall–Kier alpha value is -1.84. The topological polar surface area (TPSA) is 52.6 Å². The van der Waals surface area contributed by atoms with Crippen molar-refractivity contribution in [2.75, 3.05) is 6.61 Å². The second kappa shape index (κ2) is 3.63. The van der Waals surface area contributed by atoms with E-state index in [1.807, 2.05) is 0 Å². The minimum atomic E-state index is -1.33. The lowest BCUT2D eigenvalue weighted by molar-refractivity contribution is -0.157. The Balaban J connectivity index is 2.48. The molecule has 16 heavy (non-hydrogen) atoms. The summed E-state index contributed by atoms with van der Waals surface area (Å²) in [5.74, 6) is -0.708. The van der Waals surface area contributed by atoms with Crippen LogP contribution in [0.1, 0.15) is 19.4 Å². The molecule has 1 aliphatic rings. The van der Waals surface area contributed by atoms with Crippen molar-refractivity contribution in [3.63, 3.8) is 0 Å². The van der Waals surface area contributed by atoms with Gasteiger partial charge in [0, 0.05) is 5.56 Å². The van der Waals surface area contributed by atoms with Crippen LogP contribution in [0.2, 0.25) is 0 Å². The number of carbonyl (C=O) groups excluding carboxylic acids is 2. The third-order valence-corrected chi connectivity index (χ3v) is 2.72. The van der Waals surface area contributed by atoms with Gasteiger partial charge in [0.1, 0.15) is 5.75 Å². The first-order valence-electron chi connectivity index (χ1n) is 5.09. The van der Waals surface area contributed by atoms with Gasteiger partial charge in [-0.3, -0.25) is 9.59 Å². The fourth-order valence-electron chi connectivity index (χ4n) is 1.75. The molecule has 2 rings (SSSR count). The molecular weight excluding hydrogens is 208 g/mol. The Labute approximate surface area is 93.2 Å². The molecule has 0 saturated heterocycles. The molecule has 0 amide bonds. The van der Waals surface area contributed by atoms with E-state index in [0.29, 0.717) is 11.3 Å². The minimum Gasteiger partial charge on any atom is -0.465 e. The number of hydrogen-bond donors (Lipinski definition) is 0. The van der Waals surface area contributed by atoms with Gasteiger partial charge in [0.2, 0.25) is 0 Å². The van der Waals surface area contributed by atoms with Crippen molar-refractivity contribution in [1.82, 2.24) is 0 Å². The van der Waals surface area contributed by atoms with Gasteiger partial charge in [-0.05, 0) is 19.9 Å². The third-order valence-electron chi connectivity index (χ3n) is 2.72. The van der Waals surface area contributed by atoms with Crippen LogP contribution in [0.5, 0.6) is 5.75 Å². The molecule has 1 aromatic carbocycles. The summed E-state index contributed by atoms with van der Waals surface area (Å²) in [6.07, 6.45) is 0. The smallest absolute Gasteiger partial charge is 0.333 e. The zero-order valence-electron chi connectivity index (χ0n) is 9.15. The summed E-state index contributed by atoms with van der Waals surface area (Å²) < 4.78 is 9.97. The van der Waals surface area contributed by atoms with E-state index in [4.69, 9.17) is 9.47 Å². The summed E-state index contributed by atoms with van der Waals surface area (Å²) in [5, 5.41) is 0. The monoisotopic (exact) mass is 220 g/mol. The summed E-state index contributed by atoms with van der Waals surface area (Å²) in [4.78, 5) is 23.6. The van der Waals surface area contributed by atoms with Gasteiger partial charge in [0.15, 0.2) is 5.41 Å². The van der Waals surface area contributed by atoms with Gasteiger partial charge in [-0.2, -0.15) is 0 Å². The van der Waals surface area contributed by atoms with Crippen LogP contribution in [0.4, 0.5) is 0 Å². The molecular formula is C12H12O4. The lowest BCUT2D eigenvalue weighted by Crippen LogP contribution is -2.40. The zero-order chi connectivity index (χ0) is 11.8. The average Bonchev–Trinajstić information content (AvgIpc) is 2.53. The highest BCUT2D eigenvalue weighted by atomic mass is 16.6. The van der Waals surface area contributed by atoms with Gasteiger partial charge in [0.25, 0.3) is 0 Å². The van der Waals surface area contributed by atoms with E-state index in [1.165, 1.54) is 6.92 Å². The Bertz CT molecular complexity index is 452. The molecule has 0 spiro atoms. The van der Waals surface area contributed by atoms with Crippen LogP contribution in [0.3, 0.4) is 0 Å². The molecule has 0 fully saturated rings. The summed E-state index contributed by atoms with van der Waals surface area (Å²) >= 11 is 0. The molecule has 1 heterocycles. The minimum absolute atomic E-state index is 0.240. The molecule has 4 nitrogen and oxygen atoms in total. The van der Waals surface area contributed by atoms with E-state index < -0.39 is 17.4 Å². The first-order valence-corrected chi connectivity index (χ1v) is 5.09. The molecule has 0 saturated carbocycles. The fraction of sp³-hybridized carbons (Fsp3) is 0.333. The van der Waals surface area contributed by atoms with Crippen molar-refractivity contribution in [2.45, 2.75) is 19.3 Å². The number of hydrogen-bond acceptors (Lipinski definition) is 4. The standard InChI is InChI=1S/C12H12O4/c1-3-15-10(13)12(2)8-6-4-5-7-9(8)16-11(12)14/h4-7H,3H2,1-2H3. The van der Waals surface area contributed by atoms with Crippen molar-refractivity contribution >= 4 is 11.9 Å². The first-order chi connectivity index (χ1) is 7.60. The predicted octanol–water partition coefficient (Wildman–Crippen LogP) is 1.43. The number of esters is 2. The molecule has 0 N–H and O–H groups in total. The molecule has 0 radical (unpaired) electrons. The maximum absolute atomic E-state index is 11.8. The molecule has 1 aromatic rings. The van der Waals surface area contributed by atoms with Crippen LogP contribution in [-0.4, -0.2) is 18.5 Å².